The van der Waals surface area contributed by atoms with Crippen LogP contribution in [0.3, 0.4) is 0 Å². The average molecular weight is 311 g/mol. The predicted octanol–water partition coefficient (Wildman–Crippen LogP) is 3.57. The summed E-state index contributed by atoms with van der Waals surface area (Å²) in [4.78, 5) is 0. The molecule has 0 saturated heterocycles. The zero-order chi connectivity index (χ0) is 14.6. The van der Waals surface area contributed by atoms with Crippen molar-refractivity contribution in [2.75, 3.05) is 12.5 Å². The molecule has 6 heteroatoms. The van der Waals surface area contributed by atoms with Gasteiger partial charge in [0.15, 0.2) is 0 Å². The van der Waals surface area contributed by atoms with Crippen molar-refractivity contribution in [1.29, 1.82) is 0 Å². The molecule has 1 N–H and O–H groups in total. The van der Waals surface area contributed by atoms with Crippen molar-refractivity contribution >= 4 is 23.5 Å². The van der Waals surface area contributed by atoms with Crippen LogP contribution in [0.4, 0.5) is 0 Å². The lowest BCUT2D eigenvalue weighted by Crippen LogP contribution is -2.25. The molecule has 2 aromatic heterocycles. The molecule has 0 aliphatic rings. The fourth-order valence-corrected chi connectivity index (χ4v) is 3.19. The van der Waals surface area contributed by atoms with E-state index in [9.17, 15) is 5.11 Å². The van der Waals surface area contributed by atoms with Gasteiger partial charge < -0.3 is 14.0 Å². The van der Waals surface area contributed by atoms with Crippen LogP contribution in [0, 0.1) is 6.92 Å². The molecule has 0 radical (unpaired) electrons. The number of aliphatic hydroxyl groups is 1. The molecule has 0 saturated carbocycles. The highest BCUT2D eigenvalue weighted by atomic mass is 32.2. The van der Waals surface area contributed by atoms with Crippen molar-refractivity contribution in [2.24, 2.45) is 0 Å². The van der Waals surface area contributed by atoms with Crippen LogP contribution in [-0.4, -0.2) is 22.8 Å². The third-order valence-corrected chi connectivity index (χ3v) is 4.87. The number of aromatic nitrogens is 1. The number of furan rings is 1. The van der Waals surface area contributed by atoms with Crippen molar-refractivity contribution in [3.8, 4) is 0 Å². The molecule has 0 amide bonds. The van der Waals surface area contributed by atoms with E-state index in [0.717, 1.165) is 9.93 Å². The molecule has 20 heavy (non-hydrogen) atoms. The summed E-state index contributed by atoms with van der Waals surface area (Å²) < 4.78 is 11.6. The molecule has 2 aromatic rings. The number of thioether (sulfide) groups is 2. The lowest BCUT2D eigenvalue weighted by Gasteiger charge is -2.22. The summed E-state index contributed by atoms with van der Waals surface area (Å²) in [7, 11) is 0. The van der Waals surface area contributed by atoms with Gasteiger partial charge in [0.1, 0.15) is 17.1 Å². The van der Waals surface area contributed by atoms with Crippen LogP contribution in [0.25, 0.3) is 0 Å². The minimum absolute atomic E-state index is 0.284. The van der Waals surface area contributed by atoms with Crippen molar-refractivity contribution in [3.63, 3.8) is 0 Å². The van der Waals surface area contributed by atoms with E-state index < -0.39 is 5.60 Å². The molecule has 0 aromatic carbocycles. The molecule has 2 heterocycles. The zero-order valence-electron chi connectivity index (χ0n) is 11.6. The Labute approximate surface area is 126 Å². The Balaban J connectivity index is 2.36. The first-order valence-corrected chi connectivity index (χ1v) is 8.52. The SMILES string of the molecule is CSC(=CC(O)(Cc1cc(C)no1)c1ccco1)SC. The molecular weight excluding hydrogens is 294 g/mol. The molecule has 2 rings (SSSR count). The van der Waals surface area contributed by atoms with Gasteiger partial charge in [0.25, 0.3) is 0 Å². The van der Waals surface area contributed by atoms with Gasteiger partial charge in [0.2, 0.25) is 0 Å². The third-order valence-electron chi connectivity index (χ3n) is 2.83. The Hall–Kier alpha value is -1.11. The smallest absolute Gasteiger partial charge is 0.149 e. The second-order valence-electron chi connectivity index (χ2n) is 4.38. The minimum Gasteiger partial charge on any atom is -0.466 e. The largest absolute Gasteiger partial charge is 0.466 e. The highest BCUT2D eigenvalue weighted by molar-refractivity contribution is 8.21. The molecule has 108 valence electrons. The van der Waals surface area contributed by atoms with E-state index in [-0.39, 0.29) is 6.42 Å². The van der Waals surface area contributed by atoms with Gasteiger partial charge >= 0.3 is 0 Å². The molecule has 0 bridgehead atoms. The molecular formula is C14H17NO3S2. The van der Waals surface area contributed by atoms with Crippen molar-refractivity contribution in [3.05, 3.63) is 52.0 Å². The summed E-state index contributed by atoms with van der Waals surface area (Å²) in [6.07, 6.45) is 7.59. The van der Waals surface area contributed by atoms with Gasteiger partial charge in [-0.2, -0.15) is 0 Å². The van der Waals surface area contributed by atoms with E-state index in [0.29, 0.717) is 11.5 Å². The van der Waals surface area contributed by atoms with E-state index >= 15 is 0 Å². The Kier molecular flexibility index (Phi) is 5.01. The fourth-order valence-electron chi connectivity index (χ4n) is 1.90. The molecule has 0 spiro atoms. The van der Waals surface area contributed by atoms with Crippen LogP contribution in [0.1, 0.15) is 17.2 Å². The van der Waals surface area contributed by atoms with Crippen LogP contribution in [-0.2, 0) is 12.0 Å². The maximum absolute atomic E-state index is 11.0. The van der Waals surface area contributed by atoms with Gasteiger partial charge in [0, 0.05) is 16.7 Å². The fraction of sp³-hybridized carbons (Fsp3) is 0.357. The molecule has 1 unspecified atom stereocenters. The lowest BCUT2D eigenvalue weighted by atomic mass is 9.95. The number of rotatable bonds is 6. The molecule has 0 aliphatic carbocycles. The van der Waals surface area contributed by atoms with Gasteiger partial charge in [-0.15, -0.1) is 23.5 Å². The normalized spacial score (nSPS) is 14.0. The number of aryl methyl sites for hydroxylation is 1. The van der Waals surface area contributed by atoms with Crippen LogP contribution in [0.2, 0.25) is 0 Å². The molecule has 4 nitrogen and oxygen atoms in total. The van der Waals surface area contributed by atoms with Crippen molar-refractivity contribution < 1.29 is 14.0 Å². The first-order chi connectivity index (χ1) is 9.57. The summed E-state index contributed by atoms with van der Waals surface area (Å²) in [6.45, 7) is 1.85. The standard InChI is InChI=1S/C14H17NO3S2/c1-10-7-11(18-15-10)8-14(16,9-13(19-2)20-3)12-5-4-6-17-12/h4-7,9,16H,8H2,1-3H3. The number of nitrogens with zero attached hydrogens (tertiary/aromatic N) is 1. The topological polar surface area (TPSA) is 59.4 Å². The van der Waals surface area contributed by atoms with Gasteiger partial charge in [-0.1, -0.05) is 5.16 Å². The van der Waals surface area contributed by atoms with E-state index in [1.54, 1.807) is 48.0 Å². The Bertz CT molecular complexity index is 571. The first-order valence-electron chi connectivity index (χ1n) is 6.07. The Morgan fingerprint density at radius 3 is 2.70 bits per heavy atom. The van der Waals surface area contributed by atoms with Crippen LogP contribution in [0.5, 0.6) is 0 Å². The lowest BCUT2D eigenvalue weighted by molar-refractivity contribution is 0.0582. The molecule has 0 fully saturated rings. The van der Waals surface area contributed by atoms with E-state index in [1.807, 2.05) is 25.5 Å². The van der Waals surface area contributed by atoms with Gasteiger partial charge in [-0.3, -0.25) is 0 Å². The highest BCUT2D eigenvalue weighted by Gasteiger charge is 2.32. The second-order valence-corrected chi connectivity index (χ2v) is 6.34. The van der Waals surface area contributed by atoms with Gasteiger partial charge in [-0.05, 0) is 37.6 Å². The highest BCUT2D eigenvalue weighted by Crippen LogP contribution is 2.34. The number of hydrogen-bond acceptors (Lipinski definition) is 6. The summed E-state index contributed by atoms with van der Waals surface area (Å²) >= 11 is 3.17. The maximum Gasteiger partial charge on any atom is 0.149 e. The summed E-state index contributed by atoms with van der Waals surface area (Å²) in [5.41, 5.74) is -0.447. The monoisotopic (exact) mass is 311 g/mol. The van der Waals surface area contributed by atoms with Crippen LogP contribution < -0.4 is 0 Å². The van der Waals surface area contributed by atoms with E-state index in [1.165, 1.54) is 0 Å². The van der Waals surface area contributed by atoms with Gasteiger partial charge in [0.05, 0.1) is 12.0 Å². The zero-order valence-corrected chi connectivity index (χ0v) is 13.3. The summed E-state index contributed by atoms with van der Waals surface area (Å²) in [6, 6.07) is 5.34. The van der Waals surface area contributed by atoms with Crippen LogP contribution in [0.15, 0.2) is 43.7 Å². The summed E-state index contributed by atoms with van der Waals surface area (Å²) in [5, 5.41) is 14.8. The predicted molar refractivity (Wildman–Crippen MR) is 82.7 cm³/mol. The quantitative estimate of drug-likeness (QED) is 0.880. The Morgan fingerprint density at radius 1 is 1.45 bits per heavy atom. The average Bonchev–Trinajstić information content (AvgIpc) is 3.08. The van der Waals surface area contributed by atoms with E-state index in [2.05, 4.69) is 5.16 Å². The molecule has 1 atom stereocenters. The Morgan fingerprint density at radius 2 is 2.20 bits per heavy atom. The molecule has 0 aliphatic heterocycles. The third kappa shape index (κ3) is 3.50. The number of hydrogen-bond donors (Lipinski definition) is 1. The maximum atomic E-state index is 11.0. The van der Waals surface area contributed by atoms with Crippen molar-refractivity contribution in [2.45, 2.75) is 18.9 Å². The first kappa shape index (κ1) is 15.3. The van der Waals surface area contributed by atoms with Crippen LogP contribution >= 0.6 is 23.5 Å². The van der Waals surface area contributed by atoms with Crippen molar-refractivity contribution in [1.82, 2.24) is 5.16 Å². The second kappa shape index (κ2) is 6.56. The summed E-state index contributed by atoms with van der Waals surface area (Å²) in [5.74, 6) is 1.12. The van der Waals surface area contributed by atoms with E-state index in [4.69, 9.17) is 8.94 Å². The minimum atomic E-state index is -1.24. The van der Waals surface area contributed by atoms with Gasteiger partial charge in [-0.25, -0.2) is 0 Å².